The van der Waals surface area contributed by atoms with Gasteiger partial charge in [0.15, 0.2) is 11.6 Å². The first-order valence-electron chi connectivity index (χ1n) is 13.3. The van der Waals surface area contributed by atoms with Crippen molar-refractivity contribution in [1.29, 1.82) is 0 Å². The summed E-state index contributed by atoms with van der Waals surface area (Å²) in [5.74, 6) is -2.94. The summed E-state index contributed by atoms with van der Waals surface area (Å²) in [5, 5.41) is 3.38. The van der Waals surface area contributed by atoms with E-state index < -0.39 is 27.7 Å². The maximum absolute atomic E-state index is 13.8. The molecule has 3 aromatic carbocycles. The molecule has 0 spiro atoms. The molecule has 0 radical (unpaired) electrons. The van der Waals surface area contributed by atoms with Crippen molar-refractivity contribution < 1.29 is 26.8 Å². The van der Waals surface area contributed by atoms with Gasteiger partial charge in [-0.2, -0.15) is 0 Å². The molecule has 11 heteroatoms. The van der Waals surface area contributed by atoms with Gasteiger partial charge in [0.2, 0.25) is 21.8 Å². The fourth-order valence-corrected chi connectivity index (χ4v) is 5.57. The van der Waals surface area contributed by atoms with Crippen LogP contribution in [0.1, 0.15) is 37.3 Å². The van der Waals surface area contributed by atoms with Crippen LogP contribution >= 0.6 is 11.6 Å². The van der Waals surface area contributed by atoms with Gasteiger partial charge in [0.25, 0.3) is 0 Å². The molecule has 0 aliphatic heterocycles. The van der Waals surface area contributed by atoms with E-state index in [0.717, 1.165) is 40.2 Å². The highest BCUT2D eigenvalue weighted by Gasteiger charge is 2.30. The lowest BCUT2D eigenvalue weighted by molar-refractivity contribution is -0.141. The Balaban J connectivity index is 1.88. The number of hydrogen-bond acceptors (Lipinski definition) is 4. The Hall–Kier alpha value is -3.50. The molecule has 3 aromatic rings. The van der Waals surface area contributed by atoms with Crippen molar-refractivity contribution in [2.75, 3.05) is 23.7 Å². The van der Waals surface area contributed by atoms with Crippen molar-refractivity contribution >= 4 is 39.1 Å². The van der Waals surface area contributed by atoms with Gasteiger partial charge in [0.05, 0.1) is 11.9 Å². The lowest BCUT2D eigenvalue weighted by Gasteiger charge is -2.32. The predicted molar refractivity (Wildman–Crippen MR) is 157 cm³/mol. The number of nitrogens with one attached hydrogen (secondary N) is 1. The van der Waals surface area contributed by atoms with Gasteiger partial charge in [0, 0.05) is 43.6 Å². The second kappa shape index (κ2) is 14.9. The quantitative estimate of drug-likeness (QED) is 0.269. The SMILES string of the molecule is CCCNC(=O)[C@H](Cc1ccccc1)N(Cc1cccc(Cl)c1)C(=O)CCCN(c1ccc(F)c(F)c1)S(C)(=O)=O. The summed E-state index contributed by atoms with van der Waals surface area (Å²) >= 11 is 6.19. The third kappa shape index (κ3) is 9.54. The van der Waals surface area contributed by atoms with Crippen LogP contribution in [-0.4, -0.2) is 50.5 Å². The number of halogens is 3. The minimum absolute atomic E-state index is 0.0458. The van der Waals surface area contributed by atoms with Gasteiger partial charge in [-0.1, -0.05) is 61.0 Å². The standard InChI is InChI=1S/C30H34ClF2N3O4S/c1-3-16-34-30(38)28(19-22-9-5-4-6-10-22)35(21-23-11-7-12-24(31)18-23)29(37)13-8-17-36(41(2,39)40)25-14-15-26(32)27(33)20-25/h4-7,9-12,14-15,18,20,28H,3,8,13,16-17,19,21H2,1-2H3,(H,34,38)/t28-/m0/s1. The second-order valence-corrected chi connectivity index (χ2v) is 12.0. The summed E-state index contributed by atoms with van der Waals surface area (Å²) in [7, 11) is -3.86. The number of nitrogens with zero attached hydrogens (tertiary/aromatic N) is 2. The summed E-state index contributed by atoms with van der Waals surface area (Å²) in [6, 6.07) is 18.3. The zero-order valence-electron chi connectivity index (χ0n) is 23.0. The first kappa shape index (κ1) is 32.0. The van der Waals surface area contributed by atoms with E-state index in [1.54, 1.807) is 18.2 Å². The van der Waals surface area contributed by atoms with Crippen LogP contribution < -0.4 is 9.62 Å². The number of carbonyl (C=O) groups excluding carboxylic acids is 2. The molecule has 1 atom stereocenters. The third-order valence-corrected chi connectivity index (χ3v) is 7.83. The Morgan fingerprint density at radius 1 is 0.951 bits per heavy atom. The molecule has 0 aliphatic carbocycles. The molecule has 41 heavy (non-hydrogen) atoms. The van der Waals surface area contributed by atoms with E-state index in [1.807, 2.05) is 43.3 Å². The highest BCUT2D eigenvalue weighted by atomic mass is 35.5. The fraction of sp³-hybridized carbons (Fsp3) is 0.333. The predicted octanol–water partition coefficient (Wildman–Crippen LogP) is 5.33. The molecule has 1 N–H and O–H groups in total. The number of rotatable bonds is 14. The topological polar surface area (TPSA) is 86.8 Å². The van der Waals surface area contributed by atoms with Crippen LogP contribution in [0, 0.1) is 11.6 Å². The van der Waals surface area contributed by atoms with Crippen molar-refractivity contribution in [3.63, 3.8) is 0 Å². The van der Waals surface area contributed by atoms with E-state index in [4.69, 9.17) is 11.6 Å². The number of sulfonamides is 1. The fourth-order valence-electron chi connectivity index (χ4n) is 4.40. The first-order chi connectivity index (χ1) is 19.5. The monoisotopic (exact) mass is 605 g/mol. The molecule has 0 unspecified atom stereocenters. The Kier molecular flexibility index (Phi) is 11.7. The van der Waals surface area contributed by atoms with E-state index in [-0.39, 0.29) is 49.9 Å². The third-order valence-electron chi connectivity index (χ3n) is 6.41. The summed E-state index contributed by atoms with van der Waals surface area (Å²) in [4.78, 5) is 28.6. The minimum atomic E-state index is -3.86. The normalized spacial score (nSPS) is 12.0. The summed E-state index contributed by atoms with van der Waals surface area (Å²) < 4.78 is 53.1. The molecular formula is C30H34ClF2N3O4S. The molecule has 3 rings (SSSR count). The number of amides is 2. The number of hydrogen-bond donors (Lipinski definition) is 1. The molecule has 0 bridgehead atoms. The van der Waals surface area contributed by atoms with Gasteiger partial charge >= 0.3 is 0 Å². The Labute approximate surface area is 245 Å². The zero-order chi connectivity index (χ0) is 30.0. The van der Waals surface area contributed by atoms with Crippen molar-refractivity contribution in [3.05, 3.63) is 101 Å². The van der Waals surface area contributed by atoms with Crippen LogP contribution in [0.3, 0.4) is 0 Å². The van der Waals surface area contributed by atoms with Crippen LogP contribution in [0.15, 0.2) is 72.8 Å². The van der Waals surface area contributed by atoms with Gasteiger partial charge in [-0.3, -0.25) is 13.9 Å². The van der Waals surface area contributed by atoms with Crippen molar-refractivity contribution in [3.8, 4) is 0 Å². The largest absolute Gasteiger partial charge is 0.354 e. The number of carbonyl (C=O) groups is 2. The molecule has 0 aromatic heterocycles. The van der Waals surface area contributed by atoms with Gasteiger partial charge in [-0.15, -0.1) is 0 Å². The van der Waals surface area contributed by atoms with E-state index in [0.29, 0.717) is 11.6 Å². The molecule has 220 valence electrons. The molecule has 0 aliphatic rings. The maximum atomic E-state index is 13.8. The highest BCUT2D eigenvalue weighted by molar-refractivity contribution is 7.92. The van der Waals surface area contributed by atoms with Crippen molar-refractivity contribution in [1.82, 2.24) is 10.2 Å². The molecule has 0 saturated carbocycles. The van der Waals surface area contributed by atoms with Gasteiger partial charge < -0.3 is 10.2 Å². The van der Waals surface area contributed by atoms with E-state index >= 15 is 0 Å². The maximum Gasteiger partial charge on any atom is 0.243 e. The summed E-state index contributed by atoms with van der Waals surface area (Å²) in [6.07, 6.45) is 1.92. The summed E-state index contributed by atoms with van der Waals surface area (Å²) in [6.45, 7) is 2.34. The Morgan fingerprint density at radius 2 is 1.66 bits per heavy atom. The van der Waals surface area contributed by atoms with Crippen LogP contribution in [0.2, 0.25) is 5.02 Å². The number of benzene rings is 3. The van der Waals surface area contributed by atoms with E-state index in [9.17, 15) is 26.8 Å². The molecule has 2 amide bonds. The average molecular weight is 606 g/mol. The lowest BCUT2D eigenvalue weighted by Crippen LogP contribution is -2.50. The van der Waals surface area contributed by atoms with Crippen LogP contribution in [0.5, 0.6) is 0 Å². The minimum Gasteiger partial charge on any atom is -0.354 e. The zero-order valence-corrected chi connectivity index (χ0v) is 24.6. The van der Waals surface area contributed by atoms with Crippen molar-refractivity contribution in [2.24, 2.45) is 0 Å². The van der Waals surface area contributed by atoms with Crippen LogP contribution in [-0.2, 0) is 32.6 Å². The molecular weight excluding hydrogens is 572 g/mol. The lowest BCUT2D eigenvalue weighted by atomic mass is 10.0. The Morgan fingerprint density at radius 3 is 2.29 bits per heavy atom. The summed E-state index contributed by atoms with van der Waals surface area (Å²) in [5.41, 5.74) is 1.55. The van der Waals surface area contributed by atoms with Crippen LogP contribution in [0.4, 0.5) is 14.5 Å². The molecule has 0 heterocycles. The smallest absolute Gasteiger partial charge is 0.243 e. The highest BCUT2D eigenvalue weighted by Crippen LogP contribution is 2.22. The van der Waals surface area contributed by atoms with Crippen molar-refractivity contribution in [2.45, 2.75) is 45.2 Å². The molecule has 7 nitrogen and oxygen atoms in total. The second-order valence-electron chi connectivity index (χ2n) is 9.69. The first-order valence-corrected chi connectivity index (χ1v) is 15.5. The van der Waals surface area contributed by atoms with Gasteiger partial charge in [-0.25, -0.2) is 17.2 Å². The molecule has 0 saturated heterocycles. The van der Waals surface area contributed by atoms with Gasteiger partial charge in [-0.05, 0) is 48.2 Å². The van der Waals surface area contributed by atoms with Gasteiger partial charge in [0.1, 0.15) is 6.04 Å². The van der Waals surface area contributed by atoms with Crippen LogP contribution in [0.25, 0.3) is 0 Å². The van der Waals surface area contributed by atoms with E-state index in [1.165, 1.54) is 11.0 Å². The Bertz CT molecular complexity index is 1440. The average Bonchev–Trinajstić information content (AvgIpc) is 2.93. The van der Waals surface area contributed by atoms with E-state index in [2.05, 4.69) is 5.32 Å². The molecule has 0 fully saturated rings. The number of anilines is 1.